The van der Waals surface area contributed by atoms with E-state index >= 15 is 0 Å². The van der Waals surface area contributed by atoms with Crippen LogP contribution in [0.15, 0.2) is 24.3 Å². The molecule has 3 heteroatoms. The second kappa shape index (κ2) is 5.62. The van der Waals surface area contributed by atoms with Crippen molar-refractivity contribution in [1.82, 2.24) is 0 Å². The van der Waals surface area contributed by atoms with Crippen LogP contribution >= 0.6 is 0 Å². The van der Waals surface area contributed by atoms with Gasteiger partial charge in [0.1, 0.15) is 0 Å². The second-order valence-corrected chi connectivity index (χ2v) is 3.42. The molecule has 4 N–H and O–H groups in total. The zero-order chi connectivity index (χ0) is 10.4. The molecule has 0 unspecified atom stereocenters. The quantitative estimate of drug-likeness (QED) is 0.719. The van der Waals surface area contributed by atoms with E-state index < -0.39 is 0 Å². The van der Waals surface area contributed by atoms with Gasteiger partial charge in [-0.25, -0.2) is 0 Å². The first kappa shape index (κ1) is 11.0. The Kier molecular flexibility index (Phi) is 4.43. The lowest BCUT2D eigenvalue weighted by Gasteiger charge is -2.18. The number of hydrogen-bond donors (Lipinski definition) is 2. The van der Waals surface area contributed by atoms with E-state index in [9.17, 15) is 0 Å². The maximum Gasteiger partial charge on any atom is 0.0364 e. The number of rotatable bonds is 5. The minimum absolute atomic E-state index is 0.682. The Morgan fingerprint density at radius 1 is 1.07 bits per heavy atom. The maximum atomic E-state index is 5.49. The summed E-state index contributed by atoms with van der Waals surface area (Å²) in [6, 6.07) is 8.46. The van der Waals surface area contributed by atoms with Gasteiger partial charge in [0.15, 0.2) is 0 Å². The fourth-order valence-electron chi connectivity index (χ4n) is 1.41. The van der Waals surface area contributed by atoms with Gasteiger partial charge in [-0.15, -0.1) is 0 Å². The van der Waals surface area contributed by atoms with Crippen LogP contribution in [-0.4, -0.2) is 26.7 Å². The van der Waals surface area contributed by atoms with E-state index in [2.05, 4.69) is 29.2 Å². The lowest BCUT2D eigenvalue weighted by atomic mass is 10.1. The van der Waals surface area contributed by atoms with Crippen molar-refractivity contribution in [3.05, 3.63) is 29.8 Å². The first-order valence-corrected chi connectivity index (χ1v) is 4.98. The summed E-state index contributed by atoms with van der Waals surface area (Å²) in [5, 5.41) is 0. The van der Waals surface area contributed by atoms with Gasteiger partial charge in [0.2, 0.25) is 0 Å². The van der Waals surface area contributed by atoms with E-state index in [0.717, 1.165) is 13.0 Å². The number of benzene rings is 1. The highest BCUT2D eigenvalue weighted by Gasteiger charge is 1.98. The molecular weight excluding hydrogens is 174 g/mol. The minimum Gasteiger partial charge on any atom is -0.373 e. The molecule has 0 aliphatic rings. The van der Waals surface area contributed by atoms with E-state index in [1.54, 1.807) is 0 Å². The molecule has 0 heterocycles. The first-order chi connectivity index (χ1) is 6.77. The summed E-state index contributed by atoms with van der Waals surface area (Å²) in [4.78, 5) is 2.15. The molecule has 0 saturated heterocycles. The molecule has 78 valence electrons. The molecule has 0 saturated carbocycles. The Hall–Kier alpha value is -1.06. The number of nitrogens with two attached hydrogens (primary N) is 2. The third kappa shape index (κ3) is 3.01. The summed E-state index contributed by atoms with van der Waals surface area (Å²) >= 11 is 0. The number of nitrogens with zero attached hydrogens (tertiary/aromatic N) is 1. The maximum absolute atomic E-state index is 5.49. The van der Waals surface area contributed by atoms with E-state index in [-0.39, 0.29) is 0 Å². The van der Waals surface area contributed by atoms with Gasteiger partial charge in [-0.05, 0) is 30.7 Å². The highest BCUT2D eigenvalue weighted by atomic mass is 15.1. The van der Waals surface area contributed by atoms with E-state index in [4.69, 9.17) is 11.5 Å². The van der Waals surface area contributed by atoms with Gasteiger partial charge in [0, 0.05) is 25.8 Å². The highest BCUT2D eigenvalue weighted by Crippen LogP contribution is 2.13. The van der Waals surface area contributed by atoms with Crippen molar-refractivity contribution >= 4 is 5.69 Å². The average Bonchev–Trinajstić information content (AvgIpc) is 2.20. The summed E-state index contributed by atoms with van der Waals surface area (Å²) in [7, 11) is 2.05. The normalized spacial score (nSPS) is 10.2. The molecule has 0 aliphatic carbocycles. The number of likely N-dealkylation sites (N-methyl/N-ethyl adjacent to an activating group) is 1. The SMILES string of the molecule is CN(CCN)c1ccc(CCN)cc1. The smallest absolute Gasteiger partial charge is 0.0364 e. The standard InChI is InChI=1S/C11H19N3/c1-14(9-8-13)11-4-2-10(3-5-11)6-7-12/h2-5H,6-9,12-13H2,1H3. The molecule has 1 rings (SSSR count). The molecule has 0 radical (unpaired) electrons. The van der Waals surface area contributed by atoms with Crippen LogP contribution in [0.1, 0.15) is 5.56 Å². The molecule has 0 spiro atoms. The lowest BCUT2D eigenvalue weighted by molar-refractivity contribution is 0.884. The molecule has 0 aliphatic heterocycles. The molecule has 0 amide bonds. The summed E-state index contributed by atoms with van der Waals surface area (Å²) in [6.45, 7) is 2.27. The molecule has 1 aromatic carbocycles. The van der Waals surface area contributed by atoms with Gasteiger partial charge >= 0.3 is 0 Å². The van der Waals surface area contributed by atoms with E-state index in [1.807, 2.05) is 7.05 Å². The van der Waals surface area contributed by atoms with Crippen LogP contribution in [0.3, 0.4) is 0 Å². The van der Waals surface area contributed by atoms with Crippen molar-refractivity contribution in [2.75, 3.05) is 31.6 Å². The molecule has 0 aromatic heterocycles. The summed E-state index contributed by atoms with van der Waals surface area (Å²) in [5.41, 5.74) is 13.5. The largest absolute Gasteiger partial charge is 0.373 e. The van der Waals surface area contributed by atoms with Crippen LogP contribution in [0.25, 0.3) is 0 Å². The van der Waals surface area contributed by atoms with Gasteiger partial charge in [-0.2, -0.15) is 0 Å². The predicted molar refractivity (Wildman–Crippen MR) is 61.5 cm³/mol. The molecular formula is C11H19N3. The fraction of sp³-hybridized carbons (Fsp3) is 0.455. The predicted octanol–water partition coefficient (Wildman–Crippen LogP) is 0.583. The first-order valence-electron chi connectivity index (χ1n) is 4.98. The minimum atomic E-state index is 0.682. The van der Waals surface area contributed by atoms with E-state index in [1.165, 1.54) is 11.3 Å². The van der Waals surface area contributed by atoms with Gasteiger partial charge in [-0.3, -0.25) is 0 Å². The van der Waals surface area contributed by atoms with Crippen molar-refractivity contribution in [3.63, 3.8) is 0 Å². The third-order valence-corrected chi connectivity index (χ3v) is 2.27. The lowest BCUT2D eigenvalue weighted by Crippen LogP contribution is -2.24. The van der Waals surface area contributed by atoms with Crippen LogP contribution in [0.5, 0.6) is 0 Å². The molecule has 14 heavy (non-hydrogen) atoms. The van der Waals surface area contributed by atoms with E-state index in [0.29, 0.717) is 13.1 Å². The fourth-order valence-corrected chi connectivity index (χ4v) is 1.41. The second-order valence-electron chi connectivity index (χ2n) is 3.42. The Morgan fingerprint density at radius 2 is 1.71 bits per heavy atom. The van der Waals surface area contributed by atoms with Crippen molar-refractivity contribution in [3.8, 4) is 0 Å². The van der Waals surface area contributed by atoms with Crippen molar-refractivity contribution in [2.24, 2.45) is 11.5 Å². The summed E-state index contributed by atoms with van der Waals surface area (Å²) < 4.78 is 0. The number of anilines is 1. The van der Waals surface area contributed by atoms with Crippen molar-refractivity contribution in [2.45, 2.75) is 6.42 Å². The molecule has 0 atom stereocenters. The molecule has 1 aromatic rings. The zero-order valence-electron chi connectivity index (χ0n) is 8.74. The van der Waals surface area contributed by atoms with Crippen LogP contribution in [0, 0.1) is 0 Å². The monoisotopic (exact) mass is 193 g/mol. The van der Waals surface area contributed by atoms with Crippen molar-refractivity contribution in [1.29, 1.82) is 0 Å². The number of hydrogen-bond acceptors (Lipinski definition) is 3. The Morgan fingerprint density at radius 3 is 2.21 bits per heavy atom. The molecule has 3 nitrogen and oxygen atoms in total. The Balaban J connectivity index is 2.62. The Bertz CT molecular complexity index is 256. The third-order valence-electron chi connectivity index (χ3n) is 2.27. The molecule has 0 fully saturated rings. The topological polar surface area (TPSA) is 55.3 Å². The van der Waals surface area contributed by atoms with Gasteiger partial charge in [0.25, 0.3) is 0 Å². The molecule has 0 bridgehead atoms. The summed E-state index contributed by atoms with van der Waals surface area (Å²) in [6.07, 6.45) is 0.945. The zero-order valence-corrected chi connectivity index (χ0v) is 8.74. The van der Waals surface area contributed by atoms with Crippen LogP contribution in [0.4, 0.5) is 5.69 Å². The van der Waals surface area contributed by atoms with Crippen LogP contribution in [-0.2, 0) is 6.42 Å². The van der Waals surface area contributed by atoms with Crippen molar-refractivity contribution < 1.29 is 0 Å². The van der Waals surface area contributed by atoms with Gasteiger partial charge in [0.05, 0.1) is 0 Å². The van der Waals surface area contributed by atoms with Gasteiger partial charge in [-0.1, -0.05) is 12.1 Å². The van der Waals surface area contributed by atoms with Crippen LogP contribution in [0.2, 0.25) is 0 Å². The van der Waals surface area contributed by atoms with Gasteiger partial charge < -0.3 is 16.4 Å². The summed E-state index contributed by atoms with van der Waals surface area (Å²) in [5.74, 6) is 0. The Labute approximate surface area is 85.7 Å². The highest BCUT2D eigenvalue weighted by molar-refractivity contribution is 5.46. The van der Waals surface area contributed by atoms with Crippen LogP contribution < -0.4 is 16.4 Å². The average molecular weight is 193 g/mol.